The van der Waals surface area contributed by atoms with Gasteiger partial charge in [-0.2, -0.15) is 13.2 Å². The number of benzene rings is 1. The lowest BCUT2D eigenvalue weighted by atomic mass is 10.0. The minimum absolute atomic E-state index is 0.0856. The van der Waals surface area contributed by atoms with E-state index in [0.717, 1.165) is 12.0 Å². The molecule has 2 heterocycles. The molecule has 7 heteroatoms. The molecule has 1 unspecified atom stereocenters. The van der Waals surface area contributed by atoms with E-state index in [0.29, 0.717) is 5.56 Å². The Kier molecular flexibility index (Phi) is 3.70. The van der Waals surface area contributed by atoms with Gasteiger partial charge in [0.2, 0.25) is 0 Å². The van der Waals surface area contributed by atoms with Gasteiger partial charge in [-0.3, -0.25) is 0 Å². The number of hydrogen-bond acceptors (Lipinski definition) is 4. The number of hydrogen-bond donors (Lipinski definition) is 1. The van der Waals surface area contributed by atoms with Crippen LogP contribution >= 0.6 is 11.3 Å². The number of oxime groups is 1. The standard InChI is InChI=1S/C15H12F3NO2S/c16-15(17,18)14(20)9-13(19-21-14)11-5-3-10(4-6-11)8-12-2-1-7-22-12/h1-7,20H,8-9H2. The first-order valence-corrected chi connectivity index (χ1v) is 7.41. The molecule has 1 N–H and O–H groups in total. The van der Waals surface area contributed by atoms with Gasteiger partial charge in [-0.15, -0.1) is 11.3 Å². The third kappa shape index (κ3) is 2.86. The van der Waals surface area contributed by atoms with E-state index in [4.69, 9.17) is 0 Å². The molecule has 1 aliphatic heterocycles. The highest BCUT2D eigenvalue weighted by molar-refractivity contribution is 7.09. The third-order valence-corrected chi connectivity index (χ3v) is 4.28. The van der Waals surface area contributed by atoms with Gasteiger partial charge in [0.25, 0.3) is 0 Å². The first-order chi connectivity index (χ1) is 10.4. The van der Waals surface area contributed by atoms with Crippen molar-refractivity contribution in [2.75, 3.05) is 0 Å². The van der Waals surface area contributed by atoms with Crippen molar-refractivity contribution in [1.82, 2.24) is 0 Å². The lowest BCUT2D eigenvalue weighted by Crippen LogP contribution is -2.45. The van der Waals surface area contributed by atoms with E-state index in [1.807, 2.05) is 29.6 Å². The summed E-state index contributed by atoms with van der Waals surface area (Å²) in [6, 6.07) is 11.0. The maximum absolute atomic E-state index is 12.7. The highest BCUT2D eigenvalue weighted by atomic mass is 32.1. The molecule has 1 aromatic carbocycles. The van der Waals surface area contributed by atoms with Crippen LogP contribution < -0.4 is 0 Å². The van der Waals surface area contributed by atoms with Crippen molar-refractivity contribution in [3.63, 3.8) is 0 Å². The summed E-state index contributed by atoms with van der Waals surface area (Å²) in [6.07, 6.45) is -4.81. The van der Waals surface area contributed by atoms with Crippen molar-refractivity contribution in [3.05, 3.63) is 57.8 Å². The fourth-order valence-electron chi connectivity index (χ4n) is 2.16. The molecule has 0 fully saturated rings. The molecule has 2 aromatic rings. The maximum atomic E-state index is 12.7. The Balaban J connectivity index is 1.72. The molecular weight excluding hydrogens is 315 g/mol. The molecule has 0 saturated heterocycles. The summed E-state index contributed by atoms with van der Waals surface area (Å²) in [4.78, 5) is 5.42. The summed E-state index contributed by atoms with van der Waals surface area (Å²) in [5, 5.41) is 14.8. The fourth-order valence-corrected chi connectivity index (χ4v) is 2.90. The number of rotatable bonds is 3. The van der Waals surface area contributed by atoms with Gasteiger partial charge >= 0.3 is 12.0 Å². The summed E-state index contributed by atoms with van der Waals surface area (Å²) in [5.41, 5.74) is 1.65. The zero-order valence-corrected chi connectivity index (χ0v) is 12.1. The van der Waals surface area contributed by atoms with Crippen LogP contribution in [0.25, 0.3) is 0 Å². The molecule has 1 aliphatic rings. The van der Waals surface area contributed by atoms with Crippen molar-refractivity contribution in [1.29, 1.82) is 0 Å². The fraction of sp³-hybridized carbons (Fsp3) is 0.267. The van der Waals surface area contributed by atoms with Crippen LogP contribution in [-0.4, -0.2) is 22.8 Å². The molecule has 3 nitrogen and oxygen atoms in total. The van der Waals surface area contributed by atoms with Crippen molar-refractivity contribution in [2.45, 2.75) is 24.8 Å². The summed E-state index contributed by atoms with van der Waals surface area (Å²) >= 11 is 1.65. The zero-order valence-electron chi connectivity index (χ0n) is 11.3. The molecule has 116 valence electrons. The Bertz CT molecular complexity index is 680. The largest absolute Gasteiger partial charge is 0.458 e. The third-order valence-electron chi connectivity index (χ3n) is 3.40. The Labute approximate surface area is 128 Å². The Morgan fingerprint density at radius 1 is 1.23 bits per heavy atom. The normalized spacial score (nSPS) is 21.5. The summed E-state index contributed by atoms with van der Waals surface area (Å²) in [7, 11) is 0. The summed E-state index contributed by atoms with van der Waals surface area (Å²) < 4.78 is 38.0. The van der Waals surface area contributed by atoms with Crippen molar-refractivity contribution in [2.24, 2.45) is 5.16 Å². The molecule has 0 bridgehead atoms. The number of alkyl halides is 3. The second kappa shape index (κ2) is 5.40. The van der Waals surface area contributed by atoms with E-state index in [1.165, 1.54) is 4.88 Å². The molecule has 0 radical (unpaired) electrons. The Hall–Kier alpha value is -1.86. The van der Waals surface area contributed by atoms with Gasteiger partial charge in [0.05, 0.1) is 12.1 Å². The molecule has 1 atom stereocenters. The second-order valence-electron chi connectivity index (χ2n) is 5.04. The smallest absolute Gasteiger partial charge is 0.350 e. The molecule has 0 spiro atoms. The number of aliphatic hydroxyl groups is 1. The molecule has 0 amide bonds. The number of thiophene rings is 1. The highest BCUT2D eigenvalue weighted by Crippen LogP contribution is 2.38. The number of nitrogens with zero attached hydrogens (tertiary/aromatic N) is 1. The average molecular weight is 327 g/mol. The van der Waals surface area contributed by atoms with Gasteiger partial charge in [-0.1, -0.05) is 35.5 Å². The lowest BCUT2D eigenvalue weighted by molar-refractivity contribution is -0.355. The van der Waals surface area contributed by atoms with Crippen LogP contribution in [-0.2, 0) is 11.3 Å². The van der Waals surface area contributed by atoms with Gasteiger partial charge in [0.1, 0.15) is 0 Å². The van der Waals surface area contributed by atoms with Gasteiger partial charge < -0.3 is 9.94 Å². The molecule has 3 rings (SSSR count). The second-order valence-corrected chi connectivity index (χ2v) is 6.07. The molecule has 0 aliphatic carbocycles. The van der Waals surface area contributed by atoms with Crippen LogP contribution in [0, 0.1) is 0 Å². The van der Waals surface area contributed by atoms with Crippen molar-refractivity contribution < 1.29 is 23.1 Å². The topological polar surface area (TPSA) is 41.8 Å². The molecular formula is C15H12F3NO2S. The predicted molar refractivity (Wildman–Crippen MR) is 76.8 cm³/mol. The molecule has 0 saturated carbocycles. The van der Waals surface area contributed by atoms with Gasteiger partial charge in [-0.05, 0) is 22.6 Å². The van der Waals surface area contributed by atoms with Crippen molar-refractivity contribution >= 4 is 17.0 Å². The van der Waals surface area contributed by atoms with Crippen LogP contribution in [0.2, 0.25) is 0 Å². The van der Waals surface area contributed by atoms with Crippen LogP contribution in [0.1, 0.15) is 22.4 Å². The van der Waals surface area contributed by atoms with E-state index in [1.54, 1.807) is 23.5 Å². The van der Waals surface area contributed by atoms with Gasteiger partial charge in [-0.25, -0.2) is 0 Å². The van der Waals surface area contributed by atoms with Gasteiger partial charge in [0.15, 0.2) is 0 Å². The first kappa shape index (κ1) is 15.1. The summed E-state index contributed by atoms with van der Waals surface area (Å²) in [6.45, 7) is 0. The van der Waals surface area contributed by atoms with Crippen LogP contribution in [0.15, 0.2) is 46.9 Å². The Morgan fingerprint density at radius 3 is 2.50 bits per heavy atom. The summed E-state index contributed by atoms with van der Waals surface area (Å²) in [5.74, 6) is -3.22. The first-order valence-electron chi connectivity index (χ1n) is 6.53. The Morgan fingerprint density at radius 2 is 1.95 bits per heavy atom. The van der Waals surface area contributed by atoms with Crippen LogP contribution in [0.5, 0.6) is 0 Å². The van der Waals surface area contributed by atoms with Crippen LogP contribution in [0.4, 0.5) is 13.2 Å². The van der Waals surface area contributed by atoms with E-state index in [9.17, 15) is 18.3 Å². The van der Waals surface area contributed by atoms with Crippen molar-refractivity contribution in [3.8, 4) is 0 Å². The van der Waals surface area contributed by atoms with E-state index >= 15 is 0 Å². The van der Waals surface area contributed by atoms with Crippen LogP contribution in [0.3, 0.4) is 0 Å². The lowest BCUT2D eigenvalue weighted by Gasteiger charge is -2.22. The van der Waals surface area contributed by atoms with E-state index in [-0.39, 0.29) is 5.71 Å². The van der Waals surface area contributed by atoms with Gasteiger partial charge in [0, 0.05) is 11.3 Å². The molecule has 22 heavy (non-hydrogen) atoms. The maximum Gasteiger partial charge on any atom is 0.458 e. The van der Waals surface area contributed by atoms with E-state index < -0.39 is 18.4 Å². The minimum Gasteiger partial charge on any atom is -0.350 e. The number of halogens is 3. The highest BCUT2D eigenvalue weighted by Gasteiger charge is 2.60. The zero-order chi connectivity index (χ0) is 15.8. The predicted octanol–water partition coefficient (Wildman–Crippen LogP) is 3.71. The quantitative estimate of drug-likeness (QED) is 0.934. The minimum atomic E-state index is -4.88. The SMILES string of the molecule is OC1(C(F)(F)F)CC(c2ccc(Cc3cccs3)cc2)=NO1. The average Bonchev–Trinajstić information content (AvgIpc) is 3.09. The monoisotopic (exact) mass is 327 g/mol. The molecule has 1 aromatic heterocycles. The van der Waals surface area contributed by atoms with E-state index in [2.05, 4.69) is 9.99 Å².